The second-order valence-electron chi connectivity index (χ2n) is 4.64. The van der Waals surface area contributed by atoms with Crippen molar-refractivity contribution < 1.29 is 9.15 Å². The van der Waals surface area contributed by atoms with Gasteiger partial charge >= 0.3 is 0 Å². The van der Waals surface area contributed by atoms with Crippen molar-refractivity contribution >= 4 is 17.0 Å². The van der Waals surface area contributed by atoms with Crippen LogP contribution in [-0.2, 0) is 0 Å². The number of methoxy groups -OCH3 is 1. The van der Waals surface area contributed by atoms with Crippen LogP contribution in [0.4, 0.5) is 0 Å². The van der Waals surface area contributed by atoms with Gasteiger partial charge in [0, 0.05) is 10.9 Å². The van der Waals surface area contributed by atoms with Crippen LogP contribution < -0.4 is 4.74 Å². The van der Waals surface area contributed by atoms with Crippen LogP contribution >= 0.6 is 0 Å². The Morgan fingerprint density at radius 3 is 2.50 bits per heavy atom. The topological polar surface area (TPSA) is 22.4 Å². The van der Waals surface area contributed by atoms with Gasteiger partial charge in [-0.15, -0.1) is 0 Å². The van der Waals surface area contributed by atoms with Gasteiger partial charge in [-0.2, -0.15) is 0 Å². The summed E-state index contributed by atoms with van der Waals surface area (Å²) in [6, 6.07) is 16.2. The second-order valence-corrected chi connectivity index (χ2v) is 4.64. The van der Waals surface area contributed by atoms with Crippen molar-refractivity contribution in [3.8, 4) is 17.1 Å². The Kier molecular flexibility index (Phi) is 3.30. The zero-order valence-corrected chi connectivity index (χ0v) is 11.6. The lowest BCUT2D eigenvalue weighted by Gasteiger charge is -2.00. The lowest BCUT2D eigenvalue weighted by atomic mass is 10.1. The number of fused-ring (bicyclic) bond motifs is 1. The smallest absolute Gasteiger partial charge is 0.135 e. The molecular weight excluding hydrogens is 248 g/mol. The van der Waals surface area contributed by atoms with Gasteiger partial charge in [-0.3, -0.25) is 0 Å². The molecule has 0 atom stereocenters. The Labute approximate surface area is 118 Å². The van der Waals surface area contributed by atoms with Crippen molar-refractivity contribution in [3.05, 3.63) is 60.2 Å². The van der Waals surface area contributed by atoms with E-state index in [1.54, 1.807) is 7.11 Å². The Balaban J connectivity index is 2.03. The molecule has 0 fully saturated rings. The van der Waals surface area contributed by atoms with E-state index in [1.807, 2.05) is 43.3 Å². The highest BCUT2D eigenvalue weighted by atomic mass is 16.5. The van der Waals surface area contributed by atoms with Crippen LogP contribution in [0, 0.1) is 0 Å². The summed E-state index contributed by atoms with van der Waals surface area (Å²) in [5.41, 5.74) is 3.14. The van der Waals surface area contributed by atoms with Crippen LogP contribution in [-0.4, -0.2) is 7.11 Å². The number of benzene rings is 2. The van der Waals surface area contributed by atoms with E-state index >= 15 is 0 Å². The van der Waals surface area contributed by atoms with Crippen LogP contribution in [0.5, 0.6) is 5.75 Å². The third kappa shape index (κ3) is 2.32. The summed E-state index contributed by atoms with van der Waals surface area (Å²) < 4.78 is 11.1. The molecule has 0 saturated heterocycles. The maximum atomic E-state index is 5.90. The van der Waals surface area contributed by atoms with Gasteiger partial charge in [0.25, 0.3) is 0 Å². The molecular formula is C18H16O2. The van der Waals surface area contributed by atoms with Crippen LogP contribution in [0.15, 0.2) is 59.0 Å². The SMILES string of the molecule is C/C=C/c1ccc2oc(-c3ccc(OC)cc3)cc2c1. The van der Waals surface area contributed by atoms with Crippen molar-refractivity contribution in [2.24, 2.45) is 0 Å². The Morgan fingerprint density at radius 2 is 1.80 bits per heavy atom. The molecule has 20 heavy (non-hydrogen) atoms. The first-order valence-corrected chi connectivity index (χ1v) is 6.61. The second kappa shape index (κ2) is 5.25. The highest BCUT2D eigenvalue weighted by Crippen LogP contribution is 2.29. The zero-order valence-electron chi connectivity index (χ0n) is 11.6. The van der Waals surface area contributed by atoms with Gasteiger partial charge in [0.15, 0.2) is 0 Å². The normalized spacial score (nSPS) is 11.3. The molecule has 3 rings (SSSR count). The molecule has 1 aromatic heterocycles. The Morgan fingerprint density at radius 1 is 1.00 bits per heavy atom. The highest BCUT2D eigenvalue weighted by molar-refractivity contribution is 5.84. The lowest BCUT2D eigenvalue weighted by Crippen LogP contribution is -1.81. The average molecular weight is 264 g/mol. The fourth-order valence-electron chi connectivity index (χ4n) is 2.26. The van der Waals surface area contributed by atoms with E-state index in [0.29, 0.717) is 0 Å². The van der Waals surface area contributed by atoms with E-state index in [2.05, 4.69) is 24.3 Å². The van der Waals surface area contributed by atoms with E-state index in [9.17, 15) is 0 Å². The van der Waals surface area contributed by atoms with Gasteiger partial charge in [0.05, 0.1) is 7.11 Å². The lowest BCUT2D eigenvalue weighted by molar-refractivity contribution is 0.415. The number of hydrogen-bond acceptors (Lipinski definition) is 2. The van der Waals surface area contributed by atoms with Gasteiger partial charge in [-0.25, -0.2) is 0 Å². The molecule has 0 saturated carbocycles. The van der Waals surface area contributed by atoms with E-state index in [0.717, 1.165) is 28.0 Å². The summed E-state index contributed by atoms with van der Waals surface area (Å²) in [6.45, 7) is 2.02. The molecule has 0 bridgehead atoms. The molecule has 2 aromatic carbocycles. The minimum Gasteiger partial charge on any atom is -0.497 e. The number of hydrogen-bond donors (Lipinski definition) is 0. The van der Waals surface area contributed by atoms with Gasteiger partial charge < -0.3 is 9.15 Å². The predicted octanol–water partition coefficient (Wildman–Crippen LogP) is 5.14. The van der Waals surface area contributed by atoms with Crippen LogP contribution in [0.25, 0.3) is 28.4 Å². The van der Waals surface area contributed by atoms with E-state index < -0.39 is 0 Å². The summed E-state index contributed by atoms with van der Waals surface area (Å²) in [6.07, 6.45) is 4.12. The Hall–Kier alpha value is -2.48. The highest BCUT2D eigenvalue weighted by Gasteiger charge is 2.06. The molecule has 0 radical (unpaired) electrons. The maximum absolute atomic E-state index is 5.90. The van der Waals surface area contributed by atoms with E-state index in [-0.39, 0.29) is 0 Å². The molecule has 100 valence electrons. The zero-order chi connectivity index (χ0) is 13.9. The maximum Gasteiger partial charge on any atom is 0.135 e. The van der Waals surface area contributed by atoms with Crippen LogP contribution in [0.2, 0.25) is 0 Å². The fourth-order valence-corrected chi connectivity index (χ4v) is 2.26. The minimum atomic E-state index is 0.847. The molecule has 2 heteroatoms. The van der Waals surface area contributed by atoms with Gasteiger partial charge in [-0.1, -0.05) is 18.2 Å². The fraction of sp³-hybridized carbons (Fsp3) is 0.111. The van der Waals surface area contributed by atoms with Crippen molar-refractivity contribution in [1.82, 2.24) is 0 Å². The number of furan rings is 1. The molecule has 0 aliphatic rings. The summed E-state index contributed by atoms with van der Waals surface area (Å²) >= 11 is 0. The standard InChI is InChI=1S/C18H16O2/c1-3-4-13-5-10-17-15(11-13)12-18(20-17)14-6-8-16(19-2)9-7-14/h3-12H,1-2H3/b4-3+. The molecule has 0 aliphatic carbocycles. The molecule has 0 aliphatic heterocycles. The molecule has 0 amide bonds. The third-order valence-electron chi connectivity index (χ3n) is 3.27. The predicted molar refractivity (Wildman–Crippen MR) is 82.9 cm³/mol. The first-order valence-electron chi connectivity index (χ1n) is 6.61. The molecule has 3 aromatic rings. The quantitative estimate of drug-likeness (QED) is 0.653. The number of allylic oxidation sites excluding steroid dienone is 1. The van der Waals surface area contributed by atoms with Crippen molar-refractivity contribution in [3.63, 3.8) is 0 Å². The van der Waals surface area contributed by atoms with Crippen LogP contribution in [0.3, 0.4) is 0 Å². The van der Waals surface area contributed by atoms with E-state index in [4.69, 9.17) is 9.15 Å². The van der Waals surface area contributed by atoms with Crippen molar-refractivity contribution in [2.75, 3.05) is 7.11 Å². The molecule has 1 heterocycles. The average Bonchev–Trinajstić information content (AvgIpc) is 2.91. The molecule has 0 spiro atoms. The summed E-state index contributed by atoms with van der Waals surface area (Å²) in [7, 11) is 1.67. The van der Waals surface area contributed by atoms with Crippen LogP contribution in [0.1, 0.15) is 12.5 Å². The summed E-state index contributed by atoms with van der Waals surface area (Å²) in [5.74, 6) is 1.72. The first kappa shape index (κ1) is 12.5. The van der Waals surface area contributed by atoms with E-state index in [1.165, 1.54) is 5.56 Å². The monoisotopic (exact) mass is 264 g/mol. The largest absolute Gasteiger partial charge is 0.497 e. The first-order chi connectivity index (χ1) is 9.80. The molecule has 0 unspecified atom stereocenters. The number of ether oxygens (including phenoxy) is 1. The molecule has 2 nitrogen and oxygen atoms in total. The summed E-state index contributed by atoms with van der Waals surface area (Å²) in [5, 5.41) is 1.12. The number of rotatable bonds is 3. The summed E-state index contributed by atoms with van der Waals surface area (Å²) in [4.78, 5) is 0. The van der Waals surface area contributed by atoms with Crippen molar-refractivity contribution in [2.45, 2.75) is 6.92 Å². The van der Waals surface area contributed by atoms with Gasteiger partial charge in [-0.05, 0) is 55.0 Å². The Bertz CT molecular complexity index is 749. The van der Waals surface area contributed by atoms with Gasteiger partial charge in [0.1, 0.15) is 17.1 Å². The molecule has 0 N–H and O–H groups in total. The minimum absolute atomic E-state index is 0.847. The van der Waals surface area contributed by atoms with Crippen molar-refractivity contribution in [1.29, 1.82) is 0 Å². The third-order valence-corrected chi connectivity index (χ3v) is 3.27. The van der Waals surface area contributed by atoms with Gasteiger partial charge in [0.2, 0.25) is 0 Å².